The molecule has 0 spiro atoms. The molecule has 1 amide bonds. The van der Waals surface area contributed by atoms with Gasteiger partial charge in [-0.3, -0.25) is 4.79 Å². The van der Waals surface area contributed by atoms with Gasteiger partial charge in [0, 0.05) is 18.0 Å². The minimum atomic E-state index is -0.0248. The number of halogens is 1. The molecule has 1 saturated heterocycles. The Kier molecular flexibility index (Phi) is 3.46. The maximum Gasteiger partial charge on any atom is 0.223 e. The monoisotopic (exact) mass is 239 g/mol. The van der Waals surface area contributed by atoms with Gasteiger partial charge in [-0.05, 0) is 24.1 Å². The Labute approximate surface area is 99.6 Å². The van der Waals surface area contributed by atoms with E-state index in [4.69, 9.17) is 16.7 Å². The fourth-order valence-corrected chi connectivity index (χ4v) is 2.11. The van der Waals surface area contributed by atoms with Crippen molar-refractivity contribution in [2.24, 2.45) is 0 Å². The first-order chi connectivity index (χ1) is 7.70. The van der Waals surface area contributed by atoms with Gasteiger partial charge in [0.15, 0.2) is 0 Å². The number of benzene rings is 1. The lowest BCUT2D eigenvalue weighted by atomic mass is 10.2. The summed E-state index contributed by atoms with van der Waals surface area (Å²) < 4.78 is 0. The number of carbonyl (C=O) groups excluding carboxylic acids is 1. The van der Waals surface area contributed by atoms with Crippen molar-refractivity contribution in [1.29, 1.82) is 0 Å². The van der Waals surface area contributed by atoms with Crippen molar-refractivity contribution in [1.82, 2.24) is 4.90 Å². The second-order valence-corrected chi connectivity index (χ2v) is 4.46. The van der Waals surface area contributed by atoms with Gasteiger partial charge in [0.05, 0.1) is 12.6 Å². The summed E-state index contributed by atoms with van der Waals surface area (Å²) >= 11 is 5.79. The van der Waals surface area contributed by atoms with Crippen molar-refractivity contribution in [2.45, 2.75) is 25.4 Å². The van der Waals surface area contributed by atoms with E-state index in [0.717, 1.165) is 12.0 Å². The number of amides is 1. The van der Waals surface area contributed by atoms with Gasteiger partial charge in [-0.2, -0.15) is 0 Å². The second kappa shape index (κ2) is 4.85. The maximum atomic E-state index is 11.6. The SMILES string of the molecule is O=C1CCC(CO)N1Cc1ccc(Cl)cc1. The topological polar surface area (TPSA) is 40.5 Å². The van der Waals surface area contributed by atoms with Gasteiger partial charge in [0.1, 0.15) is 0 Å². The highest BCUT2D eigenvalue weighted by Gasteiger charge is 2.29. The van der Waals surface area contributed by atoms with Crippen molar-refractivity contribution in [3.63, 3.8) is 0 Å². The molecular weight excluding hydrogens is 226 g/mol. The van der Waals surface area contributed by atoms with Gasteiger partial charge in [0.25, 0.3) is 0 Å². The molecule has 1 aromatic rings. The number of carbonyl (C=O) groups is 1. The largest absolute Gasteiger partial charge is 0.394 e. The quantitative estimate of drug-likeness (QED) is 0.874. The molecule has 1 aliphatic heterocycles. The number of hydrogen-bond donors (Lipinski definition) is 1. The summed E-state index contributed by atoms with van der Waals surface area (Å²) in [4.78, 5) is 13.3. The molecule has 1 aliphatic rings. The van der Waals surface area contributed by atoms with E-state index in [1.54, 1.807) is 4.90 Å². The predicted molar refractivity (Wildman–Crippen MR) is 62.1 cm³/mol. The molecule has 1 atom stereocenters. The second-order valence-electron chi connectivity index (χ2n) is 4.02. The van der Waals surface area contributed by atoms with Crippen molar-refractivity contribution >= 4 is 17.5 Å². The van der Waals surface area contributed by atoms with E-state index in [0.29, 0.717) is 18.0 Å². The molecule has 0 aliphatic carbocycles. The van der Waals surface area contributed by atoms with Crippen molar-refractivity contribution in [3.05, 3.63) is 34.9 Å². The average Bonchev–Trinajstić information content (AvgIpc) is 2.63. The Morgan fingerprint density at radius 3 is 2.69 bits per heavy atom. The predicted octanol–water partition coefficient (Wildman–Crippen LogP) is 1.82. The van der Waals surface area contributed by atoms with E-state index < -0.39 is 0 Å². The van der Waals surface area contributed by atoms with Crippen LogP contribution in [0.15, 0.2) is 24.3 Å². The van der Waals surface area contributed by atoms with Crippen LogP contribution in [0.3, 0.4) is 0 Å². The Hall–Kier alpha value is -1.06. The van der Waals surface area contributed by atoms with Crippen LogP contribution in [0.4, 0.5) is 0 Å². The Morgan fingerprint density at radius 1 is 1.38 bits per heavy atom. The number of rotatable bonds is 3. The van der Waals surface area contributed by atoms with Crippen LogP contribution in [0.2, 0.25) is 5.02 Å². The van der Waals surface area contributed by atoms with Crippen LogP contribution in [0.5, 0.6) is 0 Å². The van der Waals surface area contributed by atoms with Gasteiger partial charge in [-0.15, -0.1) is 0 Å². The highest BCUT2D eigenvalue weighted by atomic mass is 35.5. The van der Waals surface area contributed by atoms with Crippen molar-refractivity contribution < 1.29 is 9.90 Å². The van der Waals surface area contributed by atoms with Gasteiger partial charge in [-0.25, -0.2) is 0 Å². The number of aliphatic hydroxyl groups is 1. The third kappa shape index (κ3) is 2.36. The third-order valence-corrected chi connectivity index (χ3v) is 3.18. The van der Waals surface area contributed by atoms with Crippen LogP contribution in [0.1, 0.15) is 18.4 Å². The zero-order valence-corrected chi connectivity index (χ0v) is 9.65. The average molecular weight is 240 g/mol. The molecule has 1 heterocycles. The smallest absolute Gasteiger partial charge is 0.223 e. The normalized spacial score (nSPS) is 20.5. The lowest BCUT2D eigenvalue weighted by Gasteiger charge is -2.23. The minimum absolute atomic E-state index is 0.0248. The standard InChI is InChI=1S/C12H14ClNO2/c13-10-3-1-9(2-4-10)7-14-11(8-15)5-6-12(14)16/h1-4,11,15H,5-8H2. The molecule has 0 aromatic heterocycles. The van der Waals surface area contributed by atoms with Crippen LogP contribution >= 0.6 is 11.6 Å². The highest BCUT2D eigenvalue weighted by Crippen LogP contribution is 2.21. The zero-order valence-electron chi connectivity index (χ0n) is 8.90. The molecule has 3 nitrogen and oxygen atoms in total. The lowest BCUT2D eigenvalue weighted by Crippen LogP contribution is -2.34. The van der Waals surface area contributed by atoms with Gasteiger partial charge < -0.3 is 10.0 Å². The number of likely N-dealkylation sites (tertiary alicyclic amines) is 1. The summed E-state index contributed by atoms with van der Waals surface area (Å²) in [5, 5.41) is 9.85. The van der Waals surface area contributed by atoms with E-state index in [-0.39, 0.29) is 18.6 Å². The molecule has 0 saturated carbocycles. The number of hydrogen-bond acceptors (Lipinski definition) is 2. The van der Waals surface area contributed by atoms with Crippen molar-refractivity contribution in [2.75, 3.05) is 6.61 Å². The molecule has 0 radical (unpaired) electrons. The molecule has 2 rings (SSSR count). The van der Waals surface area contributed by atoms with E-state index in [1.165, 1.54) is 0 Å². The summed E-state index contributed by atoms with van der Waals surface area (Å²) in [5.41, 5.74) is 1.04. The molecule has 1 fully saturated rings. The first-order valence-electron chi connectivity index (χ1n) is 5.35. The zero-order chi connectivity index (χ0) is 11.5. The van der Waals surface area contributed by atoms with Gasteiger partial charge in [-0.1, -0.05) is 23.7 Å². The molecule has 16 heavy (non-hydrogen) atoms. The first kappa shape index (κ1) is 11.4. The molecule has 1 unspecified atom stereocenters. The fourth-order valence-electron chi connectivity index (χ4n) is 1.99. The van der Waals surface area contributed by atoms with E-state index in [9.17, 15) is 4.79 Å². The molecule has 4 heteroatoms. The molecule has 1 N–H and O–H groups in total. The highest BCUT2D eigenvalue weighted by molar-refractivity contribution is 6.30. The summed E-state index contributed by atoms with van der Waals surface area (Å²) in [6.45, 7) is 0.598. The molecule has 86 valence electrons. The lowest BCUT2D eigenvalue weighted by molar-refractivity contribution is -0.130. The van der Waals surface area contributed by atoms with E-state index in [1.807, 2.05) is 24.3 Å². The fraction of sp³-hybridized carbons (Fsp3) is 0.417. The molecular formula is C12H14ClNO2. The number of nitrogens with zero attached hydrogens (tertiary/aromatic N) is 1. The summed E-state index contributed by atoms with van der Waals surface area (Å²) in [7, 11) is 0. The van der Waals surface area contributed by atoms with Gasteiger partial charge in [0.2, 0.25) is 5.91 Å². The Morgan fingerprint density at radius 2 is 2.06 bits per heavy atom. The first-order valence-corrected chi connectivity index (χ1v) is 5.73. The van der Waals surface area contributed by atoms with Crippen LogP contribution in [-0.2, 0) is 11.3 Å². The molecule has 1 aromatic carbocycles. The van der Waals surface area contributed by atoms with Crippen LogP contribution in [-0.4, -0.2) is 28.6 Å². The minimum Gasteiger partial charge on any atom is -0.394 e. The van der Waals surface area contributed by atoms with Crippen LogP contribution in [0, 0.1) is 0 Å². The maximum absolute atomic E-state index is 11.6. The summed E-state index contributed by atoms with van der Waals surface area (Å²) in [6, 6.07) is 7.41. The van der Waals surface area contributed by atoms with E-state index in [2.05, 4.69) is 0 Å². The molecule has 0 bridgehead atoms. The third-order valence-electron chi connectivity index (χ3n) is 2.93. The summed E-state index contributed by atoms with van der Waals surface area (Å²) in [5.74, 6) is 0.119. The number of aliphatic hydroxyl groups excluding tert-OH is 1. The van der Waals surface area contributed by atoms with Crippen molar-refractivity contribution in [3.8, 4) is 0 Å². The van der Waals surface area contributed by atoms with Crippen LogP contribution < -0.4 is 0 Å². The summed E-state index contributed by atoms with van der Waals surface area (Å²) in [6.07, 6.45) is 1.29. The Balaban J connectivity index is 2.08. The van der Waals surface area contributed by atoms with Crippen LogP contribution in [0.25, 0.3) is 0 Å². The Bertz CT molecular complexity index is 377. The van der Waals surface area contributed by atoms with E-state index >= 15 is 0 Å². The van der Waals surface area contributed by atoms with Gasteiger partial charge >= 0.3 is 0 Å².